The second-order valence-corrected chi connectivity index (χ2v) is 7.20. The monoisotopic (exact) mass is 435 g/mol. The summed E-state index contributed by atoms with van der Waals surface area (Å²) in [6.07, 6.45) is 1.63. The second-order valence-electron chi connectivity index (χ2n) is 7.20. The first-order chi connectivity index (χ1) is 13.9. The Balaban J connectivity index is 0.00000320. The highest BCUT2D eigenvalue weighted by molar-refractivity contribution is 5.97. The van der Waals surface area contributed by atoms with Gasteiger partial charge in [-0.2, -0.15) is 0 Å². The Morgan fingerprint density at radius 2 is 1.77 bits per heavy atom. The second kappa shape index (κ2) is 10.3. The molecule has 30 heavy (non-hydrogen) atoms. The van der Waals surface area contributed by atoms with Crippen molar-refractivity contribution in [2.24, 2.45) is 11.7 Å². The van der Waals surface area contributed by atoms with Crippen molar-refractivity contribution in [2.45, 2.75) is 25.8 Å². The summed E-state index contributed by atoms with van der Waals surface area (Å²) in [5.74, 6) is 1.55. The number of hydrogen-bond acceptors (Lipinski definition) is 6. The van der Waals surface area contributed by atoms with Gasteiger partial charge in [0.05, 0.1) is 17.6 Å². The normalized spacial score (nSPS) is 15.1. The van der Waals surface area contributed by atoms with Crippen LogP contribution in [-0.4, -0.2) is 42.0 Å². The van der Waals surface area contributed by atoms with Crippen molar-refractivity contribution in [2.75, 3.05) is 20.2 Å². The molecule has 1 saturated heterocycles. The molecule has 1 fully saturated rings. The van der Waals surface area contributed by atoms with Crippen LogP contribution in [0.2, 0.25) is 0 Å². The fraction of sp³-hybridized carbons (Fsp3) is 0.381. The van der Waals surface area contributed by atoms with Crippen molar-refractivity contribution in [3.8, 4) is 17.2 Å². The molecular weight excluding hydrogens is 410 g/mol. The summed E-state index contributed by atoms with van der Waals surface area (Å²) in [5, 5.41) is 11.2. The minimum Gasteiger partial charge on any atom is -0.497 e. The predicted octanol–water partition coefficient (Wildman–Crippen LogP) is 4.02. The zero-order valence-corrected chi connectivity index (χ0v) is 17.8. The van der Waals surface area contributed by atoms with Gasteiger partial charge in [0, 0.05) is 31.3 Å². The van der Waals surface area contributed by atoms with Gasteiger partial charge in [-0.15, -0.1) is 12.4 Å². The summed E-state index contributed by atoms with van der Waals surface area (Å²) in [6.45, 7) is 3.11. The quantitative estimate of drug-likeness (QED) is 0.542. The smallest absolute Gasteiger partial charge is 0.270 e. The number of methoxy groups -OCH3 is 1. The zero-order valence-electron chi connectivity index (χ0n) is 16.9. The molecule has 1 aliphatic heterocycles. The number of halogens is 1. The molecule has 1 heterocycles. The molecule has 3 rings (SSSR count). The van der Waals surface area contributed by atoms with Gasteiger partial charge in [0.25, 0.3) is 11.6 Å². The van der Waals surface area contributed by atoms with E-state index in [4.69, 9.17) is 15.2 Å². The number of amides is 1. The Labute approximate surface area is 181 Å². The number of nitrogens with two attached hydrogens (primary N) is 1. The number of ether oxygens (including phenoxy) is 2. The van der Waals surface area contributed by atoms with E-state index in [1.807, 2.05) is 6.92 Å². The van der Waals surface area contributed by atoms with E-state index in [9.17, 15) is 14.9 Å². The lowest BCUT2D eigenvalue weighted by atomic mass is 9.90. The molecule has 2 N–H and O–H groups in total. The van der Waals surface area contributed by atoms with Crippen LogP contribution in [0.5, 0.6) is 17.2 Å². The van der Waals surface area contributed by atoms with Gasteiger partial charge in [0.1, 0.15) is 17.2 Å². The Morgan fingerprint density at radius 1 is 1.17 bits per heavy atom. The van der Waals surface area contributed by atoms with Gasteiger partial charge in [-0.1, -0.05) is 0 Å². The van der Waals surface area contributed by atoms with Crippen LogP contribution in [0.3, 0.4) is 0 Å². The number of nitro groups is 1. The minimum atomic E-state index is -0.518. The fourth-order valence-electron chi connectivity index (χ4n) is 3.46. The largest absolute Gasteiger partial charge is 0.497 e. The van der Waals surface area contributed by atoms with Crippen LogP contribution in [0, 0.1) is 16.0 Å². The summed E-state index contributed by atoms with van der Waals surface area (Å²) in [5.41, 5.74) is 6.00. The highest BCUT2D eigenvalue weighted by atomic mass is 35.5. The first kappa shape index (κ1) is 23.4. The number of benzene rings is 2. The van der Waals surface area contributed by atoms with Gasteiger partial charge in [-0.05, 0) is 56.0 Å². The van der Waals surface area contributed by atoms with Crippen LogP contribution in [-0.2, 0) is 0 Å². The molecule has 1 aliphatic rings. The van der Waals surface area contributed by atoms with Crippen molar-refractivity contribution >= 4 is 24.0 Å². The lowest BCUT2D eigenvalue weighted by molar-refractivity contribution is -0.384. The predicted molar refractivity (Wildman–Crippen MR) is 116 cm³/mol. The van der Waals surface area contributed by atoms with Crippen molar-refractivity contribution in [1.82, 2.24) is 4.90 Å². The summed E-state index contributed by atoms with van der Waals surface area (Å²) < 4.78 is 11.0. The maximum Gasteiger partial charge on any atom is 0.270 e. The average Bonchev–Trinajstić information content (AvgIpc) is 2.74. The molecule has 2 aromatic rings. The van der Waals surface area contributed by atoms with Gasteiger partial charge in [-0.25, -0.2) is 0 Å². The Kier molecular flexibility index (Phi) is 8.02. The molecule has 1 amide bonds. The standard InChI is InChI=1S/C21H25N3O5.ClH/c1-14(22)15-9-11-23(12-10-15)21(25)19-13-16(24(26)27)3-8-20(19)29-18-6-4-17(28-2)5-7-18;/h3-8,13-15H,9-12,22H2,1-2H3;1H. The number of rotatable bonds is 6. The van der Waals surface area contributed by atoms with Gasteiger partial charge in [0.2, 0.25) is 0 Å². The molecule has 0 radical (unpaired) electrons. The Morgan fingerprint density at radius 3 is 2.30 bits per heavy atom. The lowest BCUT2D eigenvalue weighted by Gasteiger charge is -2.34. The number of carbonyl (C=O) groups excluding carboxylic acids is 1. The van der Waals surface area contributed by atoms with E-state index in [2.05, 4.69) is 0 Å². The van der Waals surface area contributed by atoms with E-state index >= 15 is 0 Å². The molecule has 162 valence electrons. The average molecular weight is 436 g/mol. The Hall–Kier alpha value is -2.84. The number of nitro benzene ring substituents is 1. The van der Waals surface area contributed by atoms with Crippen LogP contribution >= 0.6 is 12.4 Å². The molecule has 0 aromatic heterocycles. The molecule has 0 bridgehead atoms. The molecule has 1 unspecified atom stereocenters. The van der Waals surface area contributed by atoms with Gasteiger partial charge in [-0.3, -0.25) is 14.9 Å². The van der Waals surface area contributed by atoms with Crippen LogP contribution < -0.4 is 15.2 Å². The lowest BCUT2D eigenvalue weighted by Crippen LogP contribution is -2.42. The molecular formula is C21H26ClN3O5. The van der Waals surface area contributed by atoms with Crippen molar-refractivity contribution in [3.05, 3.63) is 58.1 Å². The topological polar surface area (TPSA) is 108 Å². The molecule has 1 atom stereocenters. The number of piperidine rings is 1. The third-order valence-corrected chi connectivity index (χ3v) is 5.26. The SMILES string of the molecule is COc1ccc(Oc2ccc([N+](=O)[O-])cc2C(=O)N2CCC(C(C)N)CC2)cc1.Cl. The molecule has 8 nitrogen and oxygen atoms in total. The zero-order chi connectivity index (χ0) is 21.0. The van der Waals surface area contributed by atoms with Crippen LogP contribution in [0.25, 0.3) is 0 Å². The van der Waals surface area contributed by atoms with Crippen LogP contribution in [0.4, 0.5) is 5.69 Å². The third kappa shape index (κ3) is 5.40. The summed E-state index contributed by atoms with van der Waals surface area (Å²) in [7, 11) is 1.57. The van der Waals surface area contributed by atoms with Gasteiger partial charge < -0.3 is 20.1 Å². The van der Waals surface area contributed by atoms with E-state index < -0.39 is 4.92 Å². The molecule has 2 aromatic carbocycles. The number of likely N-dealkylation sites (tertiary alicyclic amines) is 1. The molecule has 0 saturated carbocycles. The Bertz CT molecular complexity index is 881. The summed E-state index contributed by atoms with van der Waals surface area (Å²) in [6, 6.07) is 11.0. The molecule has 0 aliphatic carbocycles. The van der Waals surface area contributed by atoms with Crippen LogP contribution in [0.1, 0.15) is 30.1 Å². The van der Waals surface area contributed by atoms with E-state index in [0.717, 1.165) is 12.8 Å². The fourth-order valence-corrected chi connectivity index (χ4v) is 3.46. The van der Waals surface area contributed by atoms with E-state index in [1.54, 1.807) is 36.3 Å². The molecule has 0 spiro atoms. The highest BCUT2D eigenvalue weighted by Gasteiger charge is 2.28. The summed E-state index contributed by atoms with van der Waals surface area (Å²) in [4.78, 5) is 25.5. The van der Waals surface area contributed by atoms with Gasteiger partial charge >= 0.3 is 0 Å². The van der Waals surface area contributed by atoms with Gasteiger partial charge in [0.15, 0.2) is 0 Å². The third-order valence-electron chi connectivity index (χ3n) is 5.26. The van der Waals surface area contributed by atoms with Crippen LogP contribution in [0.15, 0.2) is 42.5 Å². The number of nitrogens with zero attached hydrogens (tertiary/aromatic N) is 2. The first-order valence-corrected chi connectivity index (χ1v) is 9.54. The van der Waals surface area contributed by atoms with Crippen molar-refractivity contribution in [3.63, 3.8) is 0 Å². The van der Waals surface area contributed by atoms with E-state index in [0.29, 0.717) is 30.5 Å². The number of hydrogen-bond donors (Lipinski definition) is 1. The summed E-state index contributed by atoms with van der Waals surface area (Å²) >= 11 is 0. The van der Waals surface area contributed by atoms with E-state index in [1.165, 1.54) is 18.2 Å². The minimum absolute atomic E-state index is 0. The van der Waals surface area contributed by atoms with E-state index in [-0.39, 0.29) is 41.4 Å². The number of carbonyl (C=O) groups is 1. The maximum atomic E-state index is 13.1. The maximum absolute atomic E-state index is 13.1. The highest BCUT2D eigenvalue weighted by Crippen LogP contribution is 2.32. The van der Waals surface area contributed by atoms with Crippen molar-refractivity contribution < 1.29 is 19.2 Å². The van der Waals surface area contributed by atoms with Crippen molar-refractivity contribution in [1.29, 1.82) is 0 Å². The first-order valence-electron chi connectivity index (χ1n) is 9.54. The number of non-ortho nitro benzene ring substituents is 1. The molecule has 9 heteroatoms.